The standard InChI is InChI=1S/C24H32N2O3S/c1-3-10-21-22(15-25-23(21)4-2)24(20-14-9-8-13-19(20)16-27)26-30(28,29)17-18-11-6-5-7-12-18/h5-9,11-15,21,23-27H,3-4,10,16-17H2,1-2H3/t21?,23?,24-/m1/s1. The number of hydrogen-bond donors (Lipinski definition) is 3. The molecule has 5 nitrogen and oxygen atoms in total. The van der Waals surface area contributed by atoms with E-state index in [2.05, 4.69) is 23.9 Å². The first-order valence-electron chi connectivity index (χ1n) is 10.7. The zero-order valence-corrected chi connectivity index (χ0v) is 18.5. The van der Waals surface area contributed by atoms with E-state index in [1.54, 1.807) is 0 Å². The summed E-state index contributed by atoms with van der Waals surface area (Å²) in [5.41, 5.74) is 3.33. The van der Waals surface area contributed by atoms with Gasteiger partial charge in [0.25, 0.3) is 0 Å². The Morgan fingerprint density at radius 3 is 2.43 bits per heavy atom. The summed E-state index contributed by atoms with van der Waals surface area (Å²) in [5.74, 6) is 0.165. The van der Waals surface area contributed by atoms with Crippen molar-refractivity contribution in [2.24, 2.45) is 5.92 Å². The Labute approximate surface area is 180 Å². The molecule has 3 rings (SSSR count). The van der Waals surface area contributed by atoms with Crippen LogP contribution in [0.2, 0.25) is 0 Å². The van der Waals surface area contributed by atoms with Crippen molar-refractivity contribution in [2.75, 3.05) is 0 Å². The van der Waals surface area contributed by atoms with Gasteiger partial charge in [0.15, 0.2) is 0 Å². The van der Waals surface area contributed by atoms with Gasteiger partial charge in [-0.1, -0.05) is 74.9 Å². The van der Waals surface area contributed by atoms with Crippen molar-refractivity contribution in [3.63, 3.8) is 0 Å². The van der Waals surface area contributed by atoms with E-state index in [-0.39, 0.29) is 18.3 Å². The summed E-state index contributed by atoms with van der Waals surface area (Å²) in [4.78, 5) is 0. The van der Waals surface area contributed by atoms with E-state index >= 15 is 0 Å². The highest BCUT2D eigenvalue weighted by atomic mass is 32.2. The maximum Gasteiger partial charge on any atom is 0.216 e. The van der Waals surface area contributed by atoms with Crippen molar-refractivity contribution in [1.82, 2.24) is 10.0 Å². The molecule has 162 valence electrons. The van der Waals surface area contributed by atoms with E-state index in [4.69, 9.17) is 0 Å². The van der Waals surface area contributed by atoms with E-state index in [0.717, 1.165) is 41.5 Å². The smallest absolute Gasteiger partial charge is 0.216 e. The molecule has 0 spiro atoms. The van der Waals surface area contributed by atoms with Crippen LogP contribution in [0.3, 0.4) is 0 Å². The van der Waals surface area contributed by atoms with E-state index in [0.29, 0.717) is 6.04 Å². The molecule has 3 atom stereocenters. The minimum absolute atomic E-state index is 0.0814. The Morgan fingerprint density at radius 1 is 1.07 bits per heavy atom. The van der Waals surface area contributed by atoms with E-state index in [1.165, 1.54) is 0 Å². The number of nitrogens with one attached hydrogen (secondary N) is 2. The number of aliphatic hydroxyl groups excluding tert-OH is 1. The largest absolute Gasteiger partial charge is 0.392 e. The molecule has 1 aliphatic heterocycles. The van der Waals surface area contributed by atoms with Crippen molar-refractivity contribution in [1.29, 1.82) is 0 Å². The molecule has 2 unspecified atom stereocenters. The molecule has 3 N–H and O–H groups in total. The van der Waals surface area contributed by atoms with E-state index < -0.39 is 16.1 Å². The predicted octanol–water partition coefficient (Wildman–Crippen LogP) is 4.02. The molecule has 30 heavy (non-hydrogen) atoms. The first kappa shape index (κ1) is 22.5. The van der Waals surface area contributed by atoms with Gasteiger partial charge in [0.1, 0.15) is 0 Å². The number of benzene rings is 2. The molecule has 0 bridgehead atoms. The van der Waals surface area contributed by atoms with Gasteiger partial charge in [-0.3, -0.25) is 0 Å². The lowest BCUT2D eigenvalue weighted by atomic mass is 9.83. The second-order valence-corrected chi connectivity index (χ2v) is 9.63. The second kappa shape index (κ2) is 10.2. The fourth-order valence-corrected chi connectivity index (χ4v) is 5.66. The Bertz CT molecular complexity index is 957. The molecule has 1 heterocycles. The van der Waals surface area contributed by atoms with E-state index in [1.807, 2.05) is 60.8 Å². The topological polar surface area (TPSA) is 78.4 Å². The summed E-state index contributed by atoms with van der Waals surface area (Å²) < 4.78 is 29.2. The van der Waals surface area contributed by atoms with Crippen LogP contribution in [0.1, 0.15) is 55.8 Å². The maximum atomic E-state index is 13.1. The highest BCUT2D eigenvalue weighted by molar-refractivity contribution is 7.88. The number of rotatable bonds is 10. The SMILES string of the molecule is CCCC1C([C@H](NS(=O)(=O)Cc2ccccc2)c2ccccc2CO)=CNC1CC. The molecule has 2 aromatic rings. The quantitative estimate of drug-likeness (QED) is 0.534. The second-order valence-electron chi connectivity index (χ2n) is 7.87. The van der Waals surface area contributed by atoms with Crippen molar-refractivity contribution in [2.45, 2.75) is 57.6 Å². The van der Waals surface area contributed by atoms with Crippen LogP contribution in [-0.4, -0.2) is 19.6 Å². The number of sulfonamides is 1. The van der Waals surface area contributed by atoms with Gasteiger partial charge in [0.05, 0.1) is 18.4 Å². The third kappa shape index (κ3) is 5.31. The van der Waals surface area contributed by atoms with E-state index in [9.17, 15) is 13.5 Å². The Balaban J connectivity index is 1.98. The third-order valence-electron chi connectivity index (χ3n) is 5.78. The molecule has 1 aliphatic rings. The van der Waals surface area contributed by atoms with Gasteiger partial charge in [-0.25, -0.2) is 13.1 Å². The van der Waals surface area contributed by atoms with Crippen LogP contribution in [0.15, 0.2) is 66.4 Å². The molecule has 0 amide bonds. The Hall–Kier alpha value is -2.15. The monoisotopic (exact) mass is 428 g/mol. The summed E-state index contributed by atoms with van der Waals surface area (Å²) in [6.45, 7) is 4.16. The van der Waals surface area contributed by atoms with Crippen LogP contribution in [0, 0.1) is 5.92 Å². The first-order chi connectivity index (χ1) is 14.5. The molecular formula is C24H32N2O3S. The van der Waals surface area contributed by atoms with Gasteiger partial charge < -0.3 is 10.4 Å². The number of aliphatic hydroxyl groups is 1. The summed E-state index contributed by atoms with van der Waals surface area (Å²) in [7, 11) is -3.61. The minimum atomic E-state index is -3.61. The van der Waals surface area contributed by atoms with Crippen LogP contribution < -0.4 is 10.0 Å². The van der Waals surface area contributed by atoms with Gasteiger partial charge in [0, 0.05) is 12.0 Å². The zero-order chi connectivity index (χ0) is 21.6. The van der Waals surface area contributed by atoms with Gasteiger partial charge in [-0.15, -0.1) is 0 Å². The first-order valence-corrected chi connectivity index (χ1v) is 12.3. The molecule has 0 aliphatic carbocycles. The molecular weight excluding hydrogens is 396 g/mol. The predicted molar refractivity (Wildman–Crippen MR) is 121 cm³/mol. The molecule has 2 aromatic carbocycles. The average Bonchev–Trinajstić information content (AvgIpc) is 3.15. The highest BCUT2D eigenvalue weighted by Crippen LogP contribution is 2.38. The van der Waals surface area contributed by atoms with Crippen LogP contribution >= 0.6 is 0 Å². The lowest BCUT2D eigenvalue weighted by Gasteiger charge is -2.28. The van der Waals surface area contributed by atoms with Crippen LogP contribution in [-0.2, 0) is 22.4 Å². The molecule has 6 heteroatoms. The van der Waals surface area contributed by atoms with Crippen LogP contribution in [0.25, 0.3) is 0 Å². The van der Waals surface area contributed by atoms with Crippen molar-refractivity contribution in [3.8, 4) is 0 Å². The average molecular weight is 429 g/mol. The van der Waals surface area contributed by atoms with Gasteiger partial charge in [-0.2, -0.15) is 0 Å². The summed E-state index contributed by atoms with van der Waals surface area (Å²) in [6.07, 6.45) is 4.95. The molecule has 0 fully saturated rings. The molecule has 0 saturated heterocycles. The summed E-state index contributed by atoms with van der Waals surface area (Å²) >= 11 is 0. The normalized spacial score (nSPS) is 19.9. The van der Waals surface area contributed by atoms with Crippen LogP contribution in [0.5, 0.6) is 0 Å². The summed E-state index contributed by atoms with van der Waals surface area (Å²) in [6, 6.07) is 16.5. The zero-order valence-electron chi connectivity index (χ0n) is 17.7. The highest BCUT2D eigenvalue weighted by Gasteiger charge is 2.35. The Kier molecular flexibility index (Phi) is 7.69. The Morgan fingerprint density at radius 2 is 1.77 bits per heavy atom. The molecule has 0 aromatic heterocycles. The lowest BCUT2D eigenvalue weighted by molar-refractivity contribution is 0.279. The third-order valence-corrected chi connectivity index (χ3v) is 7.09. The number of hydrogen-bond acceptors (Lipinski definition) is 4. The fourth-order valence-electron chi connectivity index (χ4n) is 4.32. The van der Waals surface area contributed by atoms with Crippen LogP contribution in [0.4, 0.5) is 0 Å². The summed E-state index contributed by atoms with van der Waals surface area (Å²) in [5, 5.41) is 13.4. The van der Waals surface area contributed by atoms with Gasteiger partial charge in [0.2, 0.25) is 10.0 Å². The fraction of sp³-hybridized carbons (Fsp3) is 0.417. The van der Waals surface area contributed by atoms with Crippen molar-refractivity contribution in [3.05, 3.63) is 83.1 Å². The molecule has 0 radical (unpaired) electrons. The molecule has 0 saturated carbocycles. The van der Waals surface area contributed by atoms with Crippen molar-refractivity contribution >= 4 is 10.0 Å². The van der Waals surface area contributed by atoms with Gasteiger partial charge in [-0.05, 0) is 41.3 Å². The maximum absolute atomic E-state index is 13.1. The lowest BCUT2D eigenvalue weighted by Crippen LogP contribution is -2.34. The van der Waals surface area contributed by atoms with Crippen molar-refractivity contribution < 1.29 is 13.5 Å². The van der Waals surface area contributed by atoms with Gasteiger partial charge >= 0.3 is 0 Å². The minimum Gasteiger partial charge on any atom is -0.392 e.